The van der Waals surface area contributed by atoms with Crippen LogP contribution in [-0.4, -0.2) is 32.1 Å². The number of benzene rings is 1. The van der Waals surface area contributed by atoms with Gasteiger partial charge < -0.3 is 5.32 Å². The molecule has 0 fully saturated rings. The molecule has 0 radical (unpaired) electrons. The Morgan fingerprint density at radius 2 is 1.65 bits per heavy atom. The van der Waals surface area contributed by atoms with Crippen LogP contribution >= 0.6 is 0 Å². The van der Waals surface area contributed by atoms with Crippen LogP contribution in [0.3, 0.4) is 0 Å². The Morgan fingerprint density at radius 3 is 2.12 bits per heavy atom. The fourth-order valence-corrected chi connectivity index (χ4v) is 1.57. The molecule has 0 heterocycles. The van der Waals surface area contributed by atoms with Gasteiger partial charge in [-0.25, -0.2) is 0 Å². The molecule has 2 heteroatoms. The molecule has 98 valence electrons. The van der Waals surface area contributed by atoms with Crippen molar-refractivity contribution in [3.63, 3.8) is 0 Å². The molecule has 0 aliphatic heterocycles. The van der Waals surface area contributed by atoms with Crippen molar-refractivity contribution in [3.05, 3.63) is 35.9 Å². The summed E-state index contributed by atoms with van der Waals surface area (Å²) in [6, 6.07) is 10.7. The van der Waals surface area contributed by atoms with Gasteiger partial charge in [0.05, 0.1) is 0 Å². The van der Waals surface area contributed by atoms with E-state index in [2.05, 4.69) is 54.4 Å². The maximum absolute atomic E-state index is 2.75. The molecule has 1 rings (SSSR count). The quantitative estimate of drug-likeness (QED) is 0.816. The minimum Gasteiger partial charge on any atom is -0.323 e. The van der Waals surface area contributed by atoms with Crippen LogP contribution in [0.2, 0.25) is 0 Å². The van der Waals surface area contributed by atoms with E-state index < -0.39 is 0 Å². The predicted molar refractivity (Wildman–Crippen MR) is 77.3 cm³/mol. The van der Waals surface area contributed by atoms with Crippen LogP contribution in [0.15, 0.2) is 30.3 Å². The van der Waals surface area contributed by atoms with E-state index >= 15 is 0 Å². The zero-order valence-electron chi connectivity index (χ0n) is 11.9. The molecular weight excluding hydrogens is 208 g/mol. The molecule has 0 aliphatic rings. The lowest BCUT2D eigenvalue weighted by atomic mass is 10.2. The lowest BCUT2D eigenvalue weighted by Gasteiger charge is -2.19. The van der Waals surface area contributed by atoms with Gasteiger partial charge in [-0.1, -0.05) is 50.6 Å². The fraction of sp³-hybridized carbons (Fsp3) is 0.600. The standard InChI is InChI=1S/C13H21N.C2H7N/c1-3-5-11-14(4-2)12-13-9-7-6-8-10-13;1-3-2/h6-10H,3-5,11-12H2,1-2H3;3H,1-2H3. The van der Waals surface area contributed by atoms with Crippen LogP contribution in [0.1, 0.15) is 32.3 Å². The first kappa shape index (κ1) is 16.1. The molecule has 0 spiro atoms. The smallest absolute Gasteiger partial charge is 0.0233 e. The lowest BCUT2D eigenvalue weighted by molar-refractivity contribution is 0.275. The predicted octanol–water partition coefficient (Wildman–Crippen LogP) is 3.14. The molecule has 1 aromatic rings. The van der Waals surface area contributed by atoms with E-state index in [1.165, 1.54) is 24.9 Å². The summed E-state index contributed by atoms with van der Waals surface area (Å²) in [5, 5.41) is 2.75. The van der Waals surface area contributed by atoms with Crippen LogP contribution < -0.4 is 5.32 Å². The molecular formula is C15H28N2. The molecule has 1 N–H and O–H groups in total. The first-order valence-electron chi connectivity index (χ1n) is 6.63. The second kappa shape index (κ2) is 11.6. The largest absolute Gasteiger partial charge is 0.323 e. The second-order valence-corrected chi connectivity index (χ2v) is 4.21. The summed E-state index contributed by atoms with van der Waals surface area (Å²) in [6.07, 6.45) is 2.59. The normalized spacial score (nSPS) is 9.94. The Balaban J connectivity index is 0.000000770. The van der Waals surface area contributed by atoms with Crippen LogP contribution in [0.25, 0.3) is 0 Å². The van der Waals surface area contributed by atoms with E-state index in [0.717, 1.165) is 13.1 Å². The third-order valence-corrected chi connectivity index (χ3v) is 2.52. The highest BCUT2D eigenvalue weighted by Gasteiger charge is 2.01. The summed E-state index contributed by atoms with van der Waals surface area (Å²) >= 11 is 0. The molecule has 0 aliphatic carbocycles. The first-order valence-corrected chi connectivity index (χ1v) is 6.63. The third-order valence-electron chi connectivity index (χ3n) is 2.52. The van der Waals surface area contributed by atoms with Crippen molar-refractivity contribution in [1.29, 1.82) is 0 Å². The highest BCUT2D eigenvalue weighted by molar-refractivity contribution is 5.14. The maximum atomic E-state index is 2.75. The molecule has 0 aromatic heterocycles. The summed E-state index contributed by atoms with van der Waals surface area (Å²) in [5.74, 6) is 0. The number of nitrogens with one attached hydrogen (secondary N) is 1. The van der Waals surface area contributed by atoms with Crippen LogP contribution in [0.5, 0.6) is 0 Å². The zero-order chi connectivity index (χ0) is 12.9. The summed E-state index contributed by atoms with van der Waals surface area (Å²) in [4.78, 5) is 2.50. The van der Waals surface area contributed by atoms with Gasteiger partial charge in [-0.3, -0.25) is 4.90 Å². The highest BCUT2D eigenvalue weighted by Crippen LogP contribution is 2.05. The molecule has 17 heavy (non-hydrogen) atoms. The van der Waals surface area contributed by atoms with Crippen molar-refractivity contribution in [2.24, 2.45) is 0 Å². The van der Waals surface area contributed by atoms with E-state index in [0.29, 0.717) is 0 Å². The summed E-state index contributed by atoms with van der Waals surface area (Å²) in [6.45, 7) is 7.95. The Hall–Kier alpha value is -0.860. The minimum absolute atomic E-state index is 1.09. The Bertz CT molecular complexity index is 246. The van der Waals surface area contributed by atoms with Gasteiger partial charge in [0, 0.05) is 6.54 Å². The molecule has 0 amide bonds. The third kappa shape index (κ3) is 8.90. The van der Waals surface area contributed by atoms with Crippen molar-refractivity contribution in [2.45, 2.75) is 33.2 Å². The fourth-order valence-electron chi connectivity index (χ4n) is 1.57. The van der Waals surface area contributed by atoms with Crippen molar-refractivity contribution >= 4 is 0 Å². The Labute approximate surface area is 107 Å². The summed E-state index contributed by atoms with van der Waals surface area (Å²) < 4.78 is 0. The van der Waals surface area contributed by atoms with Crippen LogP contribution in [0, 0.1) is 0 Å². The van der Waals surface area contributed by atoms with Crippen LogP contribution in [-0.2, 0) is 6.54 Å². The van der Waals surface area contributed by atoms with Gasteiger partial charge in [0.1, 0.15) is 0 Å². The van der Waals surface area contributed by atoms with Crippen molar-refractivity contribution < 1.29 is 0 Å². The average Bonchev–Trinajstić information content (AvgIpc) is 2.36. The first-order chi connectivity index (χ1) is 8.28. The molecule has 1 aromatic carbocycles. The van der Waals surface area contributed by atoms with Gasteiger partial charge in [-0.2, -0.15) is 0 Å². The second-order valence-electron chi connectivity index (χ2n) is 4.21. The van der Waals surface area contributed by atoms with Crippen molar-refractivity contribution in [3.8, 4) is 0 Å². The molecule has 0 unspecified atom stereocenters. The molecule has 2 nitrogen and oxygen atoms in total. The zero-order valence-corrected chi connectivity index (χ0v) is 11.9. The number of rotatable bonds is 6. The summed E-state index contributed by atoms with van der Waals surface area (Å²) in [5.41, 5.74) is 1.42. The topological polar surface area (TPSA) is 15.3 Å². The van der Waals surface area contributed by atoms with Gasteiger partial charge >= 0.3 is 0 Å². The molecule has 0 saturated heterocycles. The monoisotopic (exact) mass is 236 g/mol. The number of nitrogens with zero attached hydrogens (tertiary/aromatic N) is 1. The van der Waals surface area contributed by atoms with Gasteiger partial charge in [0.2, 0.25) is 0 Å². The van der Waals surface area contributed by atoms with Gasteiger partial charge in [0.25, 0.3) is 0 Å². The van der Waals surface area contributed by atoms with E-state index in [4.69, 9.17) is 0 Å². The maximum Gasteiger partial charge on any atom is 0.0233 e. The average molecular weight is 236 g/mol. The van der Waals surface area contributed by atoms with Crippen molar-refractivity contribution in [1.82, 2.24) is 10.2 Å². The summed E-state index contributed by atoms with van der Waals surface area (Å²) in [7, 11) is 3.75. The van der Waals surface area contributed by atoms with Gasteiger partial charge in [0.15, 0.2) is 0 Å². The van der Waals surface area contributed by atoms with Gasteiger partial charge in [-0.05, 0) is 39.2 Å². The lowest BCUT2D eigenvalue weighted by Crippen LogP contribution is -2.23. The molecule has 0 atom stereocenters. The van der Waals surface area contributed by atoms with Gasteiger partial charge in [-0.15, -0.1) is 0 Å². The minimum atomic E-state index is 1.09. The number of hydrogen-bond donors (Lipinski definition) is 1. The van der Waals surface area contributed by atoms with E-state index in [1.807, 2.05) is 14.1 Å². The Morgan fingerprint density at radius 1 is 1.06 bits per heavy atom. The van der Waals surface area contributed by atoms with E-state index in [-0.39, 0.29) is 0 Å². The number of hydrogen-bond acceptors (Lipinski definition) is 2. The van der Waals surface area contributed by atoms with Crippen LogP contribution in [0.4, 0.5) is 0 Å². The highest BCUT2D eigenvalue weighted by atomic mass is 15.1. The van der Waals surface area contributed by atoms with E-state index in [1.54, 1.807) is 0 Å². The molecule has 0 bridgehead atoms. The SMILES string of the molecule is CCCCN(CC)Cc1ccccc1.CNC. The van der Waals surface area contributed by atoms with Crippen molar-refractivity contribution in [2.75, 3.05) is 27.2 Å². The number of unbranched alkanes of at least 4 members (excludes halogenated alkanes) is 1. The molecule has 0 saturated carbocycles. The Kier molecular flexibility index (Phi) is 11.0. The van der Waals surface area contributed by atoms with E-state index in [9.17, 15) is 0 Å².